The van der Waals surface area contributed by atoms with E-state index in [-0.39, 0.29) is 5.41 Å². The van der Waals surface area contributed by atoms with E-state index in [2.05, 4.69) is 30.9 Å². The fourth-order valence-corrected chi connectivity index (χ4v) is 3.06. The lowest BCUT2D eigenvalue weighted by atomic mass is 9.98. The number of carbonyl (C=O) groups is 1. The van der Waals surface area contributed by atoms with Crippen LogP contribution >= 0.6 is 11.3 Å². The van der Waals surface area contributed by atoms with Crippen LogP contribution in [0.1, 0.15) is 41.8 Å². The Bertz CT molecular complexity index is 807. The van der Waals surface area contributed by atoms with Gasteiger partial charge < -0.3 is 0 Å². The standard InChI is InChI=1S/C16H17N3OS/c1-10-5-7-11(8-6-10)13-12(9-20)19-15(17-13)21-14(18-19)16(2,3)4/h5-9H,1-4H3. The van der Waals surface area contributed by atoms with Crippen LogP contribution in [-0.4, -0.2) is 20.9 Å². The molecule has 0 bridgehead atoms. The number of imidazole rings is 1. The highest BCUT2D eigenvalue weighted by Crippen LogP contribution is 2.31. The Kier molecular flexibility index (Phi) is 3.17. The second kappa shape index (κ2) is 4.77. The number of carbonyl (C=O) groups excluding carboxylic acids is 1. The molecule has 0 aliphatic rings. The van der Waals surface area contributed by atoms with Gasteiger partial charge in [0.2, 0.25) is 4.96 Å². The average Bonchev–Trinajstić information content (AvgIpc) is 2.96. The minimum absolute atomic E-state index is 0.0461. The van der Waals surface area contributed by atoms with Gasteiger partial charge in [0, 0.05) is 11.0 Å². The van der Waals surface area contributed by atoms with Crippen molar-refractivity contribution in [2.75, 3.05) is 0 Å². The summed E-state index contributed by atoms with van der Waals surface area (Å²) >= 11 is 1.53. The Morgan fingerprint density at radius 3 is 2.43 bits per heavy atom. The van der Waals surface area contributed by atoms with E-state index in [1.807, 2.05) is 31.2 Å². The van der Waals surface area contributed by atoms with Gasteiger partial charge in [0.25, 0.3) is 0 Å². The lowest BCUT2D eigenvalue weighted by Crippen LogP contribution is -2.11. The molecule has 0 aliphatic heterocycles. The summed E-state index contributed by atoms with van der Waals surface area (Å²) in [6, 6.07) is 8.01. The number of hydrogen-bond acceptors (Lipinski definition) is 4. The van der Waals surface area contributed by atoms with Crippen molar-refractivity contribution in [3.8, 4) is 11.3 Å². The Hall–Kier alpha value is -2.01. The lowest BCUT2D eigenvalue weighted by Gasteiger charge is -2.12. The predicted molar refractivity (Wildman–Crippen MR) is 85.1 cm³/mol. The van der Waals surface area contributed by atoms with Gasteiger partial charge in [0.05, 0.1) is 0 Å². The first-order valence-corrected chi connectivity index (χ1v) is 7.64. The van der Waals surface area contributed by atoms with Crippen molar-refractivity contribution in [3.05, 3.63) is 40.5 Å². The number of aryl methyl sites for hydroxylation is 1. The molecule has 108 valence electrons. The van der Waals surface area contributed by atoms with Crippen molar-refractivity contribution >= 4 is 22.6 Å². The molecule has 21 heavy (non-hydrogen) atoms. The van der Waals surface area contributed by atoms with Crippen molar-refractivity contribution in [1.29, 1.82) is 0 Å². The Morgan fingerprint density at radius 1 is 1.19 bits per heavy atom. The Labute approximate surface area is 127 Å². The second-order valence-corrected chi connectivity index (χ2v) is 7.14. The second-order valence-electron chi connectivity index (χ2n) is 6.18. The number of fused-ring (bicyclic) bond motifs is 1. The van der Waals surface area contributed by atoms with Gasteiger partial charge in [-0.15, -0.1) is 0 Å². The third-order valence-corrected chi connectivity index (χ3v) is 4.65. The summed E-state index contributed by atoms with van der Waals surface area (Å²) in [4.78, 5) is 16.9. The van der Waals surface area contributed by atoms with E-state index in [0.29, 0.717) is 11.4 Å². The maximum absolute atomic E-state index is 11.5. The van der Waals surface area contributed by atoms with Gasteiger partial charge in [0.15, 0.2) is 6.29 Å². The van der Waals surface area contributed by atoms with E-state index in [9.17, 15) is 4.79 Å². The maximum atomic E-state index is 11.5. The molecule has 4 nitrogen and oxygen atoms in total. The van der Waals surface area contributed by atoms with Crippen LogP contribution in [0.2, 0.25) is 0 Å². The topological polar surface area (TPSA) is 47.3 Å². The van der Waals surface area contributed by atoms with Crippen LogP contribution in [0.25, 0.3) is 16.2 Å². The van der Waals surface area contributed by atoms with Gasteiger partial charge in [-0.3, -0.25) is 4.79 Å². The minimum atomic E-state index is -0.0461. The molecule has 0 unspecified atom stereocenters. The van der Waals surface area contributed by atoms with Crippen LogP contribution in [-0.2, 0) is 5.41 Å². The molecule has 5 heteroatoms. The average molecular weight is 299 g/mol. The summed E-state index contributed by atoms with van der Waals surface area (Å²) < 4.78 is 1.66. The summed E-state index contributed by atoms with van der Waals surface area (Å²) in [6.07, 6.45) is 0.835. The van der Waals surface area contributed by atoms with E-state index in [1.54, 1.807) is 4.52 Å². The zero-order valence-corrected chi connectivity index (χ0v) is 13.4. The first-order chi connectivity index (χ1) is 9.90. The number of hydrogen-bond donors (Lipinski definition) is 0. The third-order valence-electron chi connectivity index (χ3n) is 3.32. The van der Waals surface area contributed by atoms with Crippen LogP contribution in [0.5, 0.6) is 0 Å². The van der Waals surface area contributed by atoms with Crippen molar-refractivity contribution in [1.82, 2.24) is 14.6 Å². The van der Waals surface area contributed by atoms with E-state index < -0.39 is 0 Å². The van der Waals surface area contributed by atoms with Crippen LogP contribution < -0.4 is 0 Å². The molecule has 0 aliphatic carbocycles. The van der Waals surface area contributed by atoms with Crippen LogP contribution in [0.3, 0.4) is 0 Å². The largest absolute Gasteiger partial charge is 0.296 e. The highest BCUT2D eigenvalue weighted by molar-refractivity contribution is 7.16. The van der Waals surface area contributed by atoms with E-state index in [1.165, 1.54) is 16.9 Å². The summed E-state index contributed by atoms with van der Waals surface area (Å²) in [5, 5.41) is 5.54. The van der Waals surface area contributed by atoms with Crippen LogP contribution in [0.4, 0.5) is 0 Å². The molecule has 3 aromatic rings. The lowest BCUT2D eigenvalue weighted by molar-refractivity contribution is 0.111. The van der Waals surface area contributed by atoms with Gasteiger partial charge in [-0.1, -0.05) is 61.9 Å². The van der Waals surface area contributed by atoms with E-state index in [0.717, 1.165) is 21.8 Å². The van der Waals surface area contributed by atoms with Crippen molar-refractivity contribution < 1.29 is 4.79 Å². The van der Waals surface area contributed by atoms with Gasteiger partial charge >= 0.3 is 0 Å². The van der Waals surface area contributed by atoms with Crippen molar-refractivity contribution in [3.63, 3.8) is 0 Å². The molecule has 0 N–H and O–H groups in total. The Morgan fingerprint density at radius 2 is 1.86 bits per heavy atom. The SMILES string of the molecule is Cc1ccc(-c2nc3sc(C(C)(C)C)nn3c2C=O)cc1. The molecular formula is C16H17N3OS. The molecule has 0 atom stereocenters. The molecule has 0 amide bonds. The number of aromatic nitrogens is 3. The zero-order chi connectivity index (χ0) is 15.2. The first-order valence-electron chi connectivity index (χ1n) is 6.82. The third kappa shape index (κ3) is 2.38. The number of aldehydes is 1. The Balaban J connectivity index is 2.19. The minimum Gasteiger partial charge on any atom is -0.296 e. The maximum Gasteiger partial charge on any atom is 0.213 e. The molecular weight excluding hydrogens is 282 g/mol. The fraction of sp³-hybridized carbons (Fsp3) is 0.312. The quantitative estimate of drug-likeness (QED) is 0.675. The van der Waals surface area contributed by atoms with Gasteiger partial charge in [-0.05, 0) is 6.92 Å². The summed E-state index contributed by atoms with van der Waals surface area (Å²) in [5.41, 5.74) is 3.29. The molecule has 0 fully saturated rings. The highest BCUT2D eigenvalue weighted by atomic mass is 32.1. The van der Waals surface area contributed by atoms with E-state index >= 15 is 0 Å². The molecule has 0 radical (unpaired) electrons. The molecule has 0 saturated carbocycles. The van der Waals surface area contributed by atoms with E-state index in [4.69, 9.17) is 0 Å². The molecule has 2 heterocycles. The summed E-state index contributed by atoms with van der Waals surface area (Å²) in [6.45, 7) is 8.35. The molecule has 0 saturated heterocycles. The highest BCUT2D eigenvalue weighted by Gasteiger charge is 2.23. The summed E-state index contributed by atoms with van der Waals surface area (Å²) in [5.74, 6) is 0. The number of rotatable bonds is 2. The van der Waals surface area contributed by atoms with Gasteiger partial charge in [0.1, 0.15) is 16.4 Å². The van der Waals surface area contributed by atoms with Gasteiger partial charge in [-0.25, -0.2) is 4.98 Å². The first kappa shape index (κ1) is 13.9. The van der Waals surface area contributed by atoms with Crippen LogP contribution in [0.15, 0.2) is 24.3 Å². The normalized spacial score (nSPS) is 12.0. The zero-order valence-electron chi connectivity index (χ0n) is 12.5. The van der Waals surface area contributed by atoms with Gasteiger partial charge in [-0.2, -0.15) is 9.61 Å². The fourth-order valence-electron chi connectivity index (χ4n) is 2.10. The van der Waals surface area contributed by atoms with Crippen LogP contribution in [0, 0.1) is 6.92 Å². The molecule has 2 aromatic heterocycles. The smallest absolute Gasteiger partial charge is 0.213 e. The molecule has 1 aromatic carbocycles. The predicted octanol–water partition coefficient (Wildman–Crippen LogP) is 3.88. The molecule has 0 spiro atoms. The van der Waals surface area contributed by atoms with Crippen molar-refractivity contribution in [2.24, 2.45) is 0 Å². The number of nitrogens with zero attached hydrogens (tertiary/aromatic N) is 3. The summed E-state index contributed by atoms with van der Waals surface area (Å²) in [7, 11) is 0. The molecule has 3 rings (SSSR count). The monoisotopic (exact) mass is 299 g/mol. The number of benzene rings is 1. The van der Waals surface area contributed by atoms with Crippen molar-refractivity contribution in [2.45, 2.75) is 33.1 Å².